The summed E-state index contributed by atoms with van der Waals surface area (Å²) in [4.78, 5) is 22.5. The van der Waals surface area contributed by atoms with E-state index in [2.05, 4.69) is 5.32 Å². The van der Waals surface area contributed by atoms with Crippen LogP contribution in [0.1, 0.15) is 18.4 Å². The molecule has 1 amide bonds. The molecule has 0 bridgehead atoms. The van der Waals surface area contributed by atoms with Gasteiger partial charge in [0.2, 0.25) is 5.91 Å². The molecule has 0 heterocycles. The lowest BCUT2D eigenvalue weighted by Gasteiger charge is -2.12. The van der Waals surface area contributed by atoms with E-state index in [0.717, 1.165) is 5.56 Å². The van der Waals surface area contributed by atoms with Gasteiger partial charge in [-0.15, -0.1) is 0 Å². The number of hydrogen-bond acceptors (Lipinski definition) is 2. The van der Waals surface area contributed by atoms with Crippen LogP contribution in [0.3, 0.4) is 0 Å². The average molecular weight is 277 g/mol. The quantitative estimate of drug-likeness (QED) is 0.808. The maximum absolute atomic E-state index is 12.7. The van der Waals surface area contributed by atoms with E-state index >= 15 is 0 Å². The van der Waals surface area contributed by atoms with E-state index in [1.807, 2.05) is 0 Å². The molecule has 0 aliphatic heterocycles. The molecule has 1 aromatic carbocycles. The Morgan fingerprint density at radius 3 is 2.55 bits per heavy atom. The predicted octanol–water partition coefficient (Wildman–Crippen LogP) is 1.90. The molecule has 1 aliphatic carbocycles. The van der Waals surface area contributed by atoms with E-state index in [0.29, 0.717) is 19.3 Å². The van der Waals surface area contributed by atoms with E-state index in [9.17, 15) is 14.0 Å². The topological polar surface area (TPSA) is 66.4 Å². The van der Waals surface area contributed by atoms with E-state index < -0.39 is 11.9 Å². The van der Waals surface area contributed by atoms with Crippen molar-refractivity contribution in [1.29, 1.82) is 0 Å². The minimum absolute atomic E-state index is 0.130. The first-order chi connectivity index (χ1) is 9.54. The Hall–Kier alpha value is -2.17. The number of amides is 1. The highest BCUT2D eigenvalue weighted by Crippen LogP contribution is 2.18. The van der Waals surface area contributed by atoms with Crippen molar-refractivity contribution < 1.29 is 19.1 Å². The van der Waals surface area contributed by atoms with E-state index in [4.69, 9.17) is 5.11 Å². The molecule has 20 heavy (non-hydrogen) atoms. The molecule has 0 saturated carbocycles. The van der Waals surface area contributed by atoms with Gasteiger partial charge in [0.25, 0.3) is 0 Å². The number of aliphatic carboxylic acids is 1. The van der Waals surface area contributed by atoms with Crippen molar-refractivity contribution in [3.63, 3.8) is 0 Å². The fourth-order valence-electron chi connectivity index (χ4n) is 2.18. The highest BCUT2D eigenvalue weighted by molar-refractivity contribution is 5.78. The molecule has 106 valence electrons. The van der Waals surface area contributed by atoms with Gasteiger partial charge in [0, 0.05) is 12.5 Å². The Morgan fingerprint density at radius 2 is 1.95 bits per heavy atom. The smallest absolute Gasteiger partial charge is 0.310 e. The number of hydrogen-bond donors (Lipinski definition) is 2. The van der Waals surface area contributed by atoms with Crippen LogP contribution in [0.15, 0.2) is 36.4 Å². The lowest BCUT2D eigenvalue weighted by Crippen LogP contribution is -2.33. The van der Waals surface area contributed by atoms with Gasteiger partial charge in [-0.2, -0.15) is 0 Å². The molecule has 1 aliphatic rings. The van der Waals surface area contributed by atoms with Crippen molar-refractivity contribution in [3.8, 4) is 0 Å². The average Bonchev–Trinajstić information content (AvgIpc) is 2.87. The van der Waals surface area contributed by atoms with E-state index in [1.54, 1.807) is 24.3 Å². The minimum Gasteiger partial charge on any atom is -0.481 e. The van der Waals surface area contributed by atoms with Gasteiger partial charge < -0.3 is 10.4 Å². The molecule has 0 fully saturated rings. The molecule has 2 N–H and O–H groups in total. The Labute approximate surface area is 116 Å². The third-order valence-corrected chi connectivity index (χ3v) is 3.30. The summed E-state index contributed by atoms with van der Waals surface area (Å²) in [6.45, 7) is 0. The van der Waals surface area contributed by atoms with Gasteiger partial charge in [-0.1, -0.05) is 24.3 Å². The van der Waals surface area contributed by atoms with Crippen LogP contribution in [0.4, 0.5) is 4.39 Å². The molecular weight excluding hydrogens is 261 g/mol. The monoisotopic (exact) mass is 277 g/mol. The first-order valence-corrected chi connectivity index (χ1v) is 6.49. The van der Waals surface area contributed by atoms with Gasteiger partial charge in [-0.25, -0.2) is 4.39 Å². The molecular formula is C15H16FNO3. The van der Waals surface area contributed by atoms with Crippen LogP contribution >= 0.6 is 0 Å². The highest BCUT2D eigenvalue weighted by Gasteiger charge is 2.25. The summed E-state index contributed by atoms with van der Waals surface area (Å²) < 4.78 is 12.7. The lowest BCUT2D eigenvalue weighted by atomic mass is 10.1. The number of halogens is 1. The van der Waals surface area contributed by atoms with Gasteiger partial charge in [0.15, 0.2) is 0 Å². The van der Waals surface area contributed by atoms with Crippen molar-refractivity contribution in [2.45, 2.75) is 25.3 Å². The number of benzene rings is 1. The summed E-state index contributed by atoms with van der Waals surface area (Å²) in [5, 5.41) is 11.6. The number of carboxylic acids is 1. The summed E-state index contributed by atoms with van der Waals surface area (Å²) in [6.07, 6.45) is 4.55. The maximum Gasteiger partial charge on any atom is 0.310 e. The molecule has 2 unspecified atom stereocenters. The Kier molecular flexibility index (Phi) is 4.50. The molecule has 4 nitrogen and oxygen atoms in total. The maximum atomic E-state index is 12.7. The Morgan fingerprint density at radius 1 is 1.25 bits per heavy atom. The highest BCUT2D eigenvalue weighted by atomic mass is 19.1. The standard InChI is InChI=1S/C15H16FNO3/c16-12-5-1-10(2-6-12)3-8-14(18)17-13-7-4-11(9-13)15(19)20/h1-2,4-7,11,13H,3,8-9H2,(H,17,18)(H,19,20). The summed E-state index contributed by atoms with van der Waals surface area (Å²) >= 11 is 0. The number of nitrogens with one attached hydrogen (secondary N) is 1. The summed E-state index contributed by atoms with van der Waals surface area (Å²) in [7, 11) is 0. The minimum atomic E-state index is -0.871. The third-order valence-electron chi connectivity index (χ3n) is 3.30. The fraction of sp³-hybridized carbons (Fsp3) is 0.333. The number of carbonyl (C=O) groups is 2. The molecule has 2 rings (SSSR count). The van der Waals surface area contributed by atoms with Crippen molar-refractivity contribution in [3.05, 3.63) is 47.8 Å². The number of aryl methyl sites for hydroxylation is 1. The second-order valence-corrected chi connectivity index (χ2v) is 4.87. The van der Waals surface area contributed by atoms with E-state index in [-0.39, 0.29) is 17.8 Å². The summed E-state index contributed by atoms with van der Waals surface area (Å²) in [5.74, 6) is -1.81. The lowest BCUT2D eigenvalue weighted by molar-refractivity contribution is -0.140. The van der Waals surface area contributed by atoms with E-state index in [1.165, 1.54) is 12.1 Å². The van der Waals surface area contributed by atoms with Gasteiger partial charge in [0.05, 0.1) is 5.92 Å². The first kappa shape index (κ1) is 14.2. The zero-order chi connectivity index (χ0) is 14.5. The normalized spacial score (nSPS) is 20.9. The molecule has 0 radical (unpaired) electrons. The van der Waals surface area contributed by atoms with Crippen molar-refractivity contribution >= 4 is 11.9 Å². The second kappa shape index (κ2) is 6.32. The molecule has 2 atom stereocenters. The Bertz CT molecular complexity index is 524. The van der Waals surface area contributed by atoms with Crippen LogP contribution in [0, 0.1) is 11.7 Å². The van der Waals surface area contributed by atoms with Crippen LogP contribution in [0.2, 0.25) is 0 Å². The zero-order valence-corrected chi connectivity index (χ0v) is 10.9. The summed E-state index contributed by atoms with van der Waals surface area (Å²) in [6, 6.07) is 5.82. The molecule has 1 aromatic rings. The summed E-state index contributed by atoms with van der Waals surface area (Å²) in [5.41, 5.74) is 0.895. The van der Waals surface area contributed by atoms with Crippen molar-refractivity contribution in [1.82, 2.24) is 5.32 Å². The van der Waals surface area contributed by atoms with Crippen molar-refractivity contribution in [2.75, 3.05) is 0 Å². The fourth-order valence-corrected chi connectivity index (χ4v) is 2.18. The number of rotatable bonds is 5. The van der Waals surface area contributed by atoms with Crippen LogP contribution in [-0.2, 0) is 16.0 Å². The molecule has 0 saturated heterocycles. The molecule has 5 heteroatoms. The SMILES string of the molecule is O=C(CCc1ccc(F)cc1)NC1C=CC(C(=O)O)C1. The largest absolute Gasteiger partial charge is 0.481 e. The van der Waals surface area contributed by atoms with Crippen molar-refractivity contribution in [2.24, 2.45) is 5.92 Å². The van der Waals surface area contributed by atoms with Crippen LogP contribution in [0.25, 0.3) is 0 Å². The first-order valence-electron chi connectivity index (χ1n) is 6.49. The predicted molar refractivity (Wildman–Crippen MR) is 71.5 cm³/mol. The van der Waals surface area contributed by atoms with Gasteiger partial charge in [0.1, 0.15) is 5.82 Å². The van der Waals surface area contributed by atoms with Crippen LogP contribution in [0.5, 0.6) is 0 Å². The zero-order valence-electron chi connectivity index (χ0n) is 10.9. The third kappa shape index (κ3) is 3.91. The number of carboxylic acid groups (broad SMARTS) is 1. The van der Waals surface area contributed by atoms with Gasteiger partial charge >= 0.3 is 5.97 Å². The van der Waals surface area contributed by atoms with Gasteiger partial charge in [-0.3, -0.25) is 9.59 Å². The second-order valence-electron chi connectivity index (χ2n) is 4.87. The Balaban J connectivity index is 1.75. The van der Waals surface area contributed by atoms with Crippen LogP contribution in [-0.4, -0.2) is 23.0 Å². The van der Waals surface area contributed by atoms with Gasteiger partial charge in [-0.05, 0) is 30.5 Å². The number of carbonyl (C=O) groups excluding carboxylic acids is 1. The molecule has 0 aromatic heterocycles. The molecule has 0 spiro atoms. The van der Waals surface area contributed by atoms with Crippen LogP contribution < -0.4 is 5.32 Å².